The van der Waals surface area contributed by atoms with Crippen LogP contribution in [0.15, 0.2) is 24.3 Å². The second-order valence-electron chi connectivity index (χ2n) is 6.00. The summed E-state index contributed by atoms with van der Waals surface area (Å²) < 4.78 is 11.3. The van der Waals surface area contributed by atoms with Crippen LogP contribution >= 0.6 is 0 Å². The highest BCUT2D eigenvalue weighted by atomic mass is 16.5. The van der Waals surface area contributed by atoms with Gasteiger partial charge in [0.05, 0.1) is 12.7 Å². The minimum atomic E-state index is 0.415. The van der Waals surface area contributed by atoms with E-state index in [1.54, 1.807) is 0 Å². The van der Waals surface area contributed by atoms with Crippen molar-refractivity contribution < 1.29 is 9.47 Å². The Morgan fingerprint density at radius 2 is 2.24 bits per heavy atom. The van der Waals surface area contributed by atoms with Gasteiger partial charge in [-0.2, -0.15) is 0 Å². The van der Waals surface area contributed by atoms with Gasteiger partial charge in [-0.1, -0.05) is 19.9 Å². The summed E-state index contributed by atoms with van der Waals surface area (Å²) in [5, 5.41) is 6.85. The number of hydrogen-bond acceptors (Lipinski definition) is 4. The summed E-state index contributed by atoms with van der Waals surface area (Å²) in [5.41, 5.74) is 1.11. The minimum absolute atomic E-state index is 0.415. The predicted octanol–water partition coefficient (Wildman–Crippen LogP) is 2.90. The Labute approximate surface area is 128 Å². The van der Waals surface area contributed by atoms with Gasteiger partial charge in [0.25, 0.3) is 0 Å². The Morgan fingerprint density at radius 3 is 3.00 bits per heavy atom. The first-order valence-electron chi connectivity index (χ1n) is 8.03. The molecule has 2 rings (SSSR count). The monoisotopic (exact) mass is 292 g/mol. The van der Waals surface area contributed by atoms with Crippen LogP contribution in [-0.4, -0.2) is 39.0 Å². The first-order valence-corrected chi connectivity index (χ1v) is 8.03. The van der Waals surface area contributed by atoms with Gasteiger partial charge in [-0.05, 0) is 30.9 Å². The number of benzene rings is 1. The second kappa shape index (κ2) is 8.90. The van der Waals surface area contributed by atoms with Crippen LogP contribution in [0.1, 0.15) is 26.7 Å². The molecule has 0 aliphatic carbocycles. The zero-order valence-electron chi connectivity index (χ0n) is 13.2. The fourth-order valence-corrected chi connectivity index (χ4v) is 2.32. The summed E-state index contributed by atoms with van der Waals surface area (Å²) in [6, 6.07) is 8.16. The molecule has 2 N–H and O–H groups in total. The molecule has 1 aromatic rings. The Kier molecular flexibility index (Phi) is 6.83. The van der Waals surface area contributed by atoms with E-state index in [9.17, 15) is 0 Å². The molecule has 1 unspecified atom stereocenters. The van der Waals surface area contributed by atoms with Gasteiger partial charge in [0.2, 0.25) is 0 Å². The molecule has 1 aliphatic rings. The van der Waals surface area contributed by atoms with Gasteiger partial charge in [-0.25, -0.2) is 0 Å². The number of hydrogen-bond donors (Lipinski definition) is 2. The summed E-state index contributed by atoms with van der Waals surface area (Å²) in [4.78, 5) is 0. The molecule has 0 bridgehead atoms. The van der Waals surface area contributed by atoms with Crippen molar-refractivity contribution in [3.63, 3.8) is 0 Å². The van der Waals surface area contributed by atoms with E-state index in [1.165, 1.54) is 12.8 Å². The van der Waals surface area contributed by atoms with Crippen LogP contribution in [0.25, 0.3) is 0 Å². The maximum Gasteiger partial charge on any atom is 0.121 e. The molecule has 1 saturated heterocycles. The van der Waals surface area contributed by atoms with E-state index in [-0.39, 0.29) is 0 Å². The van der Waals surface area contributed by atoms with Crippen molar-refractivity contribution in [1.82, 2.24) is 5.32 Å². The van der Waals surface area contributed by atoms with E-state index < -0.39 is 0 Å². The topological polar surface area (TPSA) is 42.5 Å². The zero-order valence-corrected chi connectivity index (χ0v) is 13.2. The van der Waals surface area contributed by atoms with Crippen LogP contribution in [0.3, 0.4) is 0 Å². The smallest absolute Gasteiger partial charge is 0.121 e. The lowest BCUT2D eigenvalue weighted by atomic mass is 10.2. The first kappa shape index (κ1) is 16.1. The average Bonchev–Trinajstić information content (AvgIpc) is 2.98. The number of anilines is 1. The normalized spacial score (nSPS) is 18.1. The predicted molar refractivity (Wildman–Crippen MR) is 87.1 cm³/mol. The fraction of sp³-hybridized carbons (Fsp3) is 0.647. The molecule has 1 atom stereocenters. The van der Waals surface area contributed by atoms with Crippen LogP contribution in [0.2, 0.25) is 0 Å². The third kappa shape index (κ3) is 6.36. The van der Waals surface area contributed by atoms with E-state index in [0.717, 1.165) is 44.3 Å². The molecule has 1 heterocycles. The van der Waals surface area contributed by atoms with Gasteiger partial charge in [0.15, 0.2) is 0 Å². The molecule has 0 spiro atoms. The van der Waals surface area contributed by atoms with Crippen LogP contribution < -0.4 is 15.4 Å². The average molecular weight is 292 g/mol. The van der Waals surface area contributed by atoms with Crippen LogP contribution in [-0.2, 0) is 4.74 Å². The lowest BCUT2D eigenvalue weighted by molar-refractivity contribution is 0.110. The lowest BCUT2D eigenvalue weighted by Gasteiger charge is -2.13. The van der Waals surface area contributed by atoms with Crippen LogP contribution in [0, 0.1) is 5.92 Å². The zero-order chi connectivity index (χ0) is 14.9. The van der Waals surface area contributed by atoms with Crippen molar-refractivity contribution in [3.05, 3.63) is 24.3 Å². The summed E-state index contributed by atoms with van der Waals surface area (Å²) in [5.74, 6) is 1.48. The summed E-state index contributed by atoms with van der Waals surface area (Å²) in [6.45, 7) is 8.79. The van der Waals surface area contributed by atoms with E-state index in [2.05, 4.69) is 36.6 Å². The second-order valence-corrected chi connectivity index (χ2v) is 6.00. The van der Waals surface area contributed by atoms with Crippen molar-refractivity contribution in [2.45, 2.75) is 32.8 Å². The van der Waals surface area contributed by atoms with Gasteiger partial charge in [0.1, 0.15) is 5.75 Å². The first-order chi connectivity index (χ1) is 10.2. The number of ether oxygens (including phenoxy) is 2. The molecule has 4 heteroatoms. The highest BCUT2D eigenvalue weighted by molar-refractivity contribution is 5.48. The molecule has 1 fully saturated rings. The SMILES string of the molecule is CC(C)COc1cccc(NCCNCC2CCCO2)c1. The molecular formula is C17H28N2O2. The quantitative estimate of drug-likeness (QED) is 0.687. The van der Waals surface area contributed by atoms with Gasteiger partial charge < -0.3 is 20.1 Å². The van der Waals surface area contributed by atoms with Gasteiger partial charge in [-0.3, -0.25) is 0 Å². The molecule has 21 heavy (non-hydrogen) atoms. The molecule has 0 amide bonds. The molecule has 4 nitrogen and oxygen atoms in total. The Balaban J connectivity index is 1.62. The van der Waals surface area contributed by atoms with Crippen molar-refractivity contribution >= 4 is 5.69 Å². The highest BCUT2D eigenvalue weighted by Gasteiger charge is 2.13. The molecule has 0 aromatic heterocycles. The van der Waals surface area contributed by atoms with Crippen molar-refractivity contribution in [1.29, 1.82) is 0 Å². The van der Waals surface area contributed by atoms with E-state index >= 15 is 0 Å². The molecule has 0 radical (unpaired) electrons. The van der Waals surface area contributed by atoms with Gasteiger partial charge in [-0.15, -0.1) is 0 Å². The lowest BCUT2D eigenvalue weighted by Crippen LogP contribution is -2.30. The van der Waals surface area contributed by atoms with Crippen molar-refractivity contribution in [2.24, 2.45) is 5.92 Å². The van der Waals surface area contributed by atoms with Gasteiger partial charge in [0, 0.05) is 38.0 Å². The maximum atomic E-state index is 5.73. The van der Waals surface area contributed by atoms with Crippen molar-refractivity contribution in [2.75, 3.05) is 38.2 Å². The third-order valence-corrected chi connectivity index (χ3v) is 3.44. The summed E-state index contributed by atoms with van der Waals surface area (Å²) in [6.07, 6.45) is 2.81. The molecule has 118 valence electrons. The van der Waals surface area contributed by atoms with Crippen LogP contribution in [0.5, 0.6) is 5.75 Å². The number of nitrogens with one attached hydrogen (secondary N) is 2. The van der Waals surface area contributed by atoms with E-state index in [4.69, 9.17) is 9.47 Å². The number of rotatable bonds is 9. The maximum absolute atomic E-state index is 5.73. The van der Waals surface area contributed by atoms with E-state index in [0.29, 0.717) is 12.0 Å². The third-order valence-electron chi connectivity index (χ3n) is 3.44. The Bertz CT molecular complexity index is 404. The molecule has 0 saturated carbocycles. The molecule has 1 aliphatic heterocycles. The summed E-state index contributed by atoms with van der Waals surface area (Å²) in [7, 11) is 0. The fourth-order valence-electron chi connectivity index (χ4n) is 2.32. The Morgan fingerprint density at radius 1 is 1.33 bits per heavy atom. The highest BCUT2D eigenvalue weighted by Crippen LogP contribution is 2.17. The van der Waals surface area contributed by atoms with E-state index in [1.807, 2.05) is 12.1 Å². The van der Waals surface area contributed by atoms with Gasteiger partial charge >= 0.3 is 0 Å². The minimum Gasteiger partial charge on any atom is -0.493 e. The standard InChI is InChI=1S/C17H28N2O2/c1-14(2)13-21-16-6-3-5-15(11-16)19-9-8-18-12-17-7-4-10-20-17/h3,5-6,11,14,17-19H,4,7-10,12-13H2,1-2H3. The Hall–Kier alpha value is -1.26. The van der Waals surface area contributed by atoms with Crippen molar-refractivity contribution in [3.8, 4) is 5.75 Å². The van der Waals surface area contributed by atoms with Crippen LogP contribution in [0.4, 0.5) is 5.69 Å². The molecule has 1 aromatic carbocycles. The summed E-state index contributed by atoms with van der Waals surface area (Å²) >= 11 is 0. The molecular weight excluding hydrogens is 264 g/mol. The largest absolute Gasteiger partial charge is 0.493 e.